The molecular formula is C12H17N3O5S. The zero-order valence-corrected chi connectivity index (χ0v) is 12.4. The zero-order valence-electron chi connectivity index (χ0n) is 11.6. The smallest absolute Gasteiger partial charge is 0.303 e. The molecule has 0 radical (unpaired) electrons. The topological polar surface area (TPSA) is 120 Å². The Kier molecular flexibility index (Phi) is 4.31. The number of nitrogens with zero attached hydrogens (tertiary/aromatic N) is 2. The van der Waals surface area contributed by atoms with Crippen LogP contribution in [0, 0.1) is 0 Å². The molecule has 1 amide bonds. The lowest BCUT2D eigenvalue weighted by atomic mass is 10.1. The maximum Gasteiger partial charge on any atom is 0.303 e. The van der Waals surface area contributed by atoms with Crippen molar-refractivity contribution in [3.05, 3.63) is 11.9 Å². The largest absolute Gasteiger partial charge is 0.481 e. The molecule has 0 bridgehead atoms. The van der Waals surface area contributed by atoms with Gasteiger partial charge in [0.25, 0.3) is 0 Å². The predicted octanol–water partition coefficient (Wildman–Crippen LogP) is 0.341. The maximum absolute atomic E-state index is 12.1. The Morgan fingerprint density at radius 2 is 2.19 bits per heavy atom. The van der Waals surface area contributed by atoms with Crippen LogP contribution >= 0.6 is 0 Å². The van der Waals surface area contributed by atoms with Crippen LogP contribution in [0.1, 0.15) is 37.4 Å². The molecule has 116 valence electrons. The summed E-state index contributed by atoms with van der Waals surface area (Å²) >= 11 is 0. The Labute approximate surface area is 122 Å². The molecule has 2 heterocycles. The molecule has 0 saturated carbocycles. The molecule has 0 aliphatic carbocycles. The molecule has 1 aromatic rings. The van der Waals surface area contributed by atoms with E-state index in [9.17, 15) is 18.0 Å². The van der Waals surface area contributed by atoms with E-state index in [0.29, 0.717) is 18.7 Å². The fourth-order valence-corrected chi connectivity index (χ4v) is 3.37. The highest BCUT2D eigenvalue weighted by Gasteiger charge is 2.34. The van der Waals surface area contributed by atoms with Crippen molar-refractivity contribution >= 4 is 21.7 Å². The number of carbonyl (C=O) groups excluding carboxylic acids is 1. The van der Waals surface area contributed by atoms with Gasteiger partial charge in [0, 0.05) is 19.2 Å². The van der Waals surface area contributed by atoms with Crippen molar-refractivity contribution in [3.63, 3.8) is 0 Å². The molecule has 1 aliphatic heterocycles. The van der Waals surface area contributed by atoms with Gasteiger partial charge >= 0.3 is 5.97 Å². The molecule has 8 nitrogen and oxygen atoms in total. The highest BCUT2D eigenvalue weighted by atomic mass is 32.2. The standard InChI is InChI=1S/C12H17N3O5S/c1-21(19,20)9-7-13-14-12(9)8-3-2-6-15(8)10(16)4-5-11(17)18/h7-8H,2-6H2,1H3,(H,13,14)(H,17,18). The first-order valence-electron chi connectivity index (χ1n) is 6.55. The van der Waals surface area contributed by atoms with E-state index in [2.05, 4.69) is 10.2 Å². The number of carboxylic acid groups (broad SMARTS) is 1. The second-order valence-corrected chi connectivity index (χ2v) is 7.04. The summed E-state index contributed by atoms with van der Waals surface area (Å²) in [5.74, 6) is -1.31. The molecule has 1 unspecified atom stereocenters. The van der Waals surface area contributed by atoms with Crippen molar-refractivity contribution in [2.75, 3.05) is 12.8 Å². The van der Waals surface area contributed by atoms with Gasteiger partial charge < -0.3 is 10.0 Å². The van der Waals surface area contributed by atoms with Crippen LogP contribution < -0.4 is 0 Å². The van der Waals surface area contributed by atoms with Crippen LogP contribution in [0.4, 0.5) is 0 Å². The molecule has 1 aromatic heterocycles. The van der Waals surface area contributed by atoms with E-state index < -0.39 is 21.8 Å². The quantitative estimate of drug-likeness (QED) is 0.808. The molecule has 1 aliphatic rings. The number of aromatic amines is 1. The SMILES string of the molecule is CS(=O)(=O)c1cn[nH]c1C1CCCN1C(=O)CCC(=O)O. The number of sulfone groups is 1. The van der Waals surface area contributed by atoms with E-state index >= 15 is 0 Å². The molecule has 2 rings (SSSR count). The van der Waals surface area contributed by atoms with Crippen molar-refractivity contribution in [1.29, 1.82) is 0 Å². The van der Waals surface area contributed by atoms with Crippen LogP contribution in [0.3, 0.4) is 0 Å². The Morgan fingerprint density at radius 1 is 1.48 bits per heavy atom. The lowest BCUT2D eigenvalue weighted by molar-refractivity contribution is -0.141. The van der Waals surface area contributed by atoms with Crippen LogP contribution in [0.25, 0.3) is 0 Å². The molecule has 21 heavy (non-hydrogen) atoms. The predicted molar refractivity (Wildman–Crippen MR) is 72.3 cm³/mol. The fourth-order valence-electron chi connectivity index (χ4n) is 2.54. The minimum Gasteiger partial charge on any atom is -0.481 e. The van der Waals surface area contributed by atoms with Crippen LogP contribution in [-0.4, -0.2) is 53.3 Å². The van der Waals surface area contributed by atoms with Gasteiger partial charge in [0.15, 0.2) is 9.84 Å². The first-order chi connectivity index (χ1) is 9.80. The van der Waals surface area contributed by atoms with Crippen LogP contribution in [0.15, 0.2) is 11.1 Å². The van der Waals surface area contributed by atoms with Gasteiger partial charge in [-0.3, -0.25) is 14.7 Å². The van der Waals surface area contributed by atoms with Gasteiger partial charge in [0.1, 0.15) is 4.90 Å². The van der Waals surface area contributed by atoms with E-state index in [1.807, 2.05) is 0 Å². The van der Waals surface area contributed by atoms with Crippen molar-refractivity contribution in [1.82, 2.24) is 15.1 Å². The summed E-state index contributed by atoms with van der Waals surface area (Å²) in [7, 11) is -3.43. The molecule has 1 atom stereocenters. The van der Waals surface area contributed by atoms with Gasteiger partial charge in [-0.15, -0.1) is 0 Å². The minimum absolute atomic E-state index is 0.0884. The average Bonchev–Trinajstić information content (AvgIpc) is 3.02. The summed E-state index contributed by atoms with van der Waals surface area (Å²) in [6, 6.07) is -0.390. The van der Waals surface area contributed by atoms with Gasteiger partial charge in [-0.05, 0) is 12.8 Å². The maximum atomic E-state index is 12.1. The molecule has 9 heteroatoms. The van der Waals surface area contributed by atoms with E-state index in [4.69, 9.17) is 5.11 Å². The van der Waals surface area contributed by atoms with E-state index in [-0.39, 0.29) is 23.6 Å². The van der Waals surface area contributed by atoms with E-state index in [1.54, 1.807) is 0 Å². The Morgan fingerprint density at radius 3 is 2.81 bits per heavy atom. The van der Waals surface area contributed by atoms with Crippen LogP contribution in [0.5, 0.6) is 0 Å². The second-order valence-electron chi connectivity index (χ2n) is 5.06. The lowest BCUT2D eigenvalue weighted by Gasteiger charge is -2.24. The summed E-state index contributed by atoms with van der Waals surface area (Å²) in [6.45, 7) is 0.491. The van der Waals surface area contributed by atoms with Gasteiger partial charge in [-0.1, -0.05) is 0 Å². The Bertz CT molecular complexity index is 652. The highest BCUT2D eigenvalue weighted by molar-refractivity contribution is 7.90. The third kappa shape index (κ3) is 3.41. The number of aliphatic carboxylic acids is 1. The third-order valence-corrected chi connectivity index (χ3v) is 4.62. The number of rotatable bonds is 5. The number of carbonyl (C=O) groups is 2. The van der Waals surface area contributed by atoms with E-state index in [1.165, 1.54) is 11.1 Å². The molecular weight excluding hydrogens is 298 g/mol. The third-order valence-electron chi connectivity index (χ3n) is 3.49. The lowest BCUT2D eigenvalue weighted by Crippen LogP contribution is -2.31. The van der Waals surface area contributed by atoms with Gasteiger partial charge in [0.05, 0.1) is 24.4 Å². The van der Waals surface area contributed by atoms with Crippen LogP contribution in [-0.2, 0) is 19.4 Å². The Balaban J connectivity index is 2.21. The summed E-state index contributed by atoms with van der Waals surface area (Å²) in [5.41, 5.74) is 0.402. The molecule has 1 fully saturated rings. The number of hydrogen-bond donors (Lipinski definition) is 2. The number of carboxylic acids is 1. The first kappa shape index (κ1) is 15.5. The Hall–Kier alpha value is -1.90. The number of hydrogen-bond acceptors (Lipinski definition) is 5. The second kappa shape index (κ2) is 5.84. The van der Waals surface area contributed by atoms with Gasteiger partial charge in [-0.25, -0.2) is 8.42 Å². The normalized spacial score (nSPS) is 18.9. The van der Waals surface area contributed by atoms with Gasteiger partial charge in [-0.2, -0.15) is 5.10 Å². The van der Waals surface area contributed by atoms with Crippen molar-refractivity contribution < 1.29 is 23.1 Å². The summed E-state index contributed by atoms with van der Waals surface area (Å²) in [6.07, 6.45) is 3.38. The molecule has 1 saturated heterocycles. The molecule has 2 N–H and O–H groups in total. The summed E-state index contributed by atoms with van der Waals surface area (Å²) in [5, 5.41) is 15.1. The van der Waals surface area contributed by atoms with Crippen molar-refractivity contribution in [2.45, 2.75) is 36.6 Å². The van der Waals surface area contributed by atoms with Gasteiger partial charge in [0.2, 0.25) is 5.91 Å². The molecule has 0 spiro atoms. The molecule has 0 aromatic carbocycles. The number of nitrogens with one attached hydrogen (secondary N) is 1. The number of H-pyrrole nitrogens is 1. The number of likely N-dealkylation sites (tertiary alicyclic amines) is 1. The highest BCUT2D eigenvalue weighted by Crippen LogP contribution is 2.34. The van der Waals surface area contributed by atoms with Crippen molar-refractivity contribution in [3.8, 4) is 0 Å². The number of amides is 1. The monoisotopic (exact) mass is 315 g/mol. The summed E-state index contributed by atoms with van der Waals surface area (Å²) < 4.78 is 23.4. The zero-order chi connectivity index (χ0) is 15.6. The fraction of sp³-hybridized carbons (Fsp3) is 0.583. The van der Waals surface area contributed by atoms with E-state index in [0.717, 1.165) is 12.7 Å². The minimum atomic E-state index is -3.43. The first-order valence-corrected chi connectivity index (χ1v) is 8.44. The van der Waals surface area contributed by atoms with Crippen molar-refractivity contribution in [2.24, 2.45) is 0 Å². The van der Waals surface area contributed by atoms with Crippen LogP contribution in [0.2, 0.25) is 0 Å². The average molecular weight is 315 g/mol. The number of aromatic nitrogens is 2. The summed E-state index contributed by atoms with van der Waals surface area (Å²) in [4.78, 5) is 24.3.